The Bertz CT molecular complexity index is 499. The smallest absolute Gasteiger partial charge is 0.313 e. The molecular weight excluding hydrogens is 288 g/mol. The zero-order valence-corrected chi connectivity index (χ0v) is 13.8. The number of hydrogen-bond donors (Lipinski definition) is 1. The number of hydrogen-bond acceptors (Lipinski definition) is 5. The molecule has 1 aromatic heterocycles. The standard InChI is InChI=1S/C14H24N4O2S/c1-4-14(5-2)7-8-17(10-14)12-15-16-13(18(12)6-3)21-9-11(19)20/h4-10H2,1-3H3,(H,19,20). The first-order chi connectivity index (χ1) is 10.0. The van der Waals surface area contributed by atoms with Gasteiger partial charge in [0.15, 0.2) is 5.16 Å². The Hall–Kier alpha value is -1.24. The summed E-state index contributed by atoms with van der Waals surface area (Å²) in [6.07, 6.45) is 3.55. The molecule has 1 saturated heterocycles. The maximum atomic E-state index is 10.7. The highest BCUT2D eigenvalue weighted by atomic mass is 32.2. The Morgan fingerprint density at radius 1 is 1.33 bits per heavy atom. The van der Waals surface area contributed by atoms with Crippen LogP contribution in [0.3, 0.4) is 0 Å². The molecule has 0 amide bonds. The molecule has 1 aliphatic heterocycles. The van der Waals surface area contributed by atoms with E-state index in [4.69, 9.17) is 5.11 Å². The molecule has 0 bridgehead atoms. The van der Waals surface area contributed by atoms with E-state index in [1.165, 1.54) is 31.0 Å². The van der Waals surface area contributed by atoms with Crippen LogP contribution in [-0.2, 0) is 11.3 Å². The first-order valence-electron chi connectivity index (χ1n) is 7.58. The third kappa shape index (κ3) is 3.33. The molecule has 6 nitrogen and oxygen atoms in total. The second-order valence-electron chi connectivity index (χ2n) is 5.59. The van der Waals surface area contributed by atoms with Crippen molar-refractivity contribution in [1.82, 2.24) is 14.8 Å². The molecule has 1 aromatic rings. The molecule has 1 aliphatic rings. The molecule has 118 valence electrons. The number of anilines is 1. The molecule has 2 heterocycles. The van der Waals surface area contributed by atoms with Crippen LogP contribution in [0.2, 0.25) is 0 Å². The van der Waals surface area contributed by atoms with E-state index >= 15 is 0 Å². The van der Waals surface area contributed by atoms with Gasteiger partial charge in [0.05, 0.1) is 5.75 Å². The number of carbonyl (C=O) groups is 1. The quantitative estimate of drug-likeness (QED) is 0.780. The number of carboxylic acid groups (broad SMARTS) is 1. The molecule has 0 unspecified atom stereocenters. The molecule has 2 rings (SSSR count). The molecule has 7 heteroatoms. The van der Waals surface area contributed by atoms with Crippen molar-refractivity contribution in [2.45, 2.75) is 51.7 Å². The predicted molar refractivity (Wildman–Crippen MR) is 83.9 cm³/mol. The molecule has 0 aromatic carbocycles. The summed E-state index contributed by atoms with van der Waals surface area (Å²) in [5.41, 5.74) is 0.388. The van der Waals surface area contributed by atoms with Gasteiger partial charge in [-0.15, -0.1) is 10.2 Å². The Labute approximate surface area is 129 Å². The third-order valence-electron chi connectivity index (χ3n) is 4.56. The second kappa shape index (κ2) is 6.68. The normalized spacial score (nSPS) is 17.4. The molecule has 1 fully saturated rings. The summed E-state index contributed by atoms with van der Waals surface area (Å²) in [7, 11) is 0. The molecule has 0 spiro atoms. The van der Waals surface area contributed by atoms with Gasteiger partial charge in [-0.2, -0.15) is 0 Å². The van der Waals surface area contributed by atoms with Gasteiger partial charge in [0.2, 0.25) is 5.95 Å². The fourth-order valence-corrected chi connectivity index (χ4v) is 3.68. The van der Waals surface area contributed by atoms with E-state index in [1.807, 2.05) is 11.5 Å². The van der Waals surface area contributed by atoms with E-state index in [0.29, 0.717) is 10.6 Å². The van der Waals surface area contributed by atoms with Crippen LogP contribution in [0.1, 0.15) is 40.0 Å². The first-order valence-corrected chi connectivity index (χ1v) is 8.56. The molecule has 0 aliphatic carbocycles. The second-order valence-corrected chi connectivity index (χ2v) is 6.53. The van der Waals surface area contributed by atoms with Crippen molar-refractivity contribution < 1.29 is 9.90 Å². The van der Waals surface area contributed by atoms with E-state index in [2.05, 4.69) is 28.9 Å². The zero-order valence-electron chi connectivity index (χ0n) is 13.0. The van der Waals surface area contributed by atoms with Crippen molar-refractivity contribution in [2.24, 2.45) is 5.41 Å². The lowest BCUT2D eigenvalue weighted by atomic mass is 9.82. The van der Waals surface area contributed by atoms with Crippen LogP contribution in [-0.4, -0.2) is 44.7 Å². The summed E-state index contributed by atoms with van der Waals surface area (Å²) in [5.74, 6) is 0.0740. The predicted octanol–water partition coefficient (Wildman–Crippen LogP) is 2.49. The number of aromatic nitrogens is 3. The summed E-state index contributed by atoms with van der Waals surface area (Å²) in [6, 6.07) is 0. The van der Waals surface area contributed by atoms with Crippen LogP contribution >= 0.6 is 11.8 Å². The van der Waals surface area contributed by atoms with Crippen molar-refractivity contribution in [1.29, 1.82) is 0 Å². The summed E-state index contributed by atoms with van der Waals surface area (Å²) < 4.78 is 2.02. The van der Waals surface area contributed by atoms with Crippen LogP contribution < -0.4 is 4.90 Å². The SMILES string of the molecule is CCn1c(SCC(=O)O)nnc1N1CCC(CC)(CC)C1. The highest BCUT2D eigenvalue weighted by molar-refractivity contribution is 7.99. The minimum absolute atomic E-state index is 0.0198. The summed E-state index contributed by atoms with van der Waals surface area (Å²) in [5, 5.41) is 18.0. The van der Waals surface area contributed by atoms with Crippen molar-refractivity contribution >= 4 is 23.7 Å². The van der Waals surface area contributed by atoms with Crippen molar-refractivity contribution in [3.8, 4) is 0 Å². The van der Waals surface area contributed by atoms with E-state index in [9.17, 15) is 4.79 Å². The largest absolute Gasteiger partial charge is 0.481 e. The molecular formula is C14H24N4O2S. The van der Waals surface area contributed by atoms with E-state index in [0.717, 1.165) is 25.6 Å². The monoisotopic (exact) mass is 312 g/mol. The third-order valence-corrected chi connectivity index (χ3v) is 5.51. The van der Waals surface area contributed by atoms with E-state index in [1.54, 1.807) is 0 Å². The fourth-order valence-electron chi connectivity index (χ4n) is 2.96. The molecule has 0 atom stereocenters. The highest BCUT2D eigenvalue weighted by Gasteiger charge is 2.36. The van der Waals surface area contributed by atoms with Gasteiger partial charge in [-0.05, 0) is 31.6 Å². The number of aliphatic carboxylic acids is 1. The minimum Gasteiger partial charge on any atom is -0.481 e. The fraction of sp³-hybridized carbons (Fsp3) is 0.786. The number of nitrogens with zero attached hydrogens (tertiary/aromatic N) is 4. The first kappa shape index (κ1) is 16.1. The van der Waals surface area contributed by atoms with Gasteiger partial charge in [0.1, 0.15) is 0 Å². The van der Waals surface area contributed by atoms with Gasteiger partial charge in [-0.1, -0.05) is 25.6 Å². The number of carboxylic acids is 1. The summed E-state index contributed by atoms with van der Waals surface area (Å²) in [4.78, 5) is 13.0. The van der Waals surface area contributed by atoms with Gasteiger partial charge in [-0.25, -0.2) is 0 Å². The maximum absolute atomic E-state index is 10.7. The molecule has 0 radical (unpaired) electrons. The van der Waals surface area contributed by atoms with Crippen LogP contribution in [0.4, 0.5) is 5.95 Å². The molecule has 21 heavy (non-hydrogen) atoms. The average molecular weight is 312 g/mol. The highest BCUT2D eigenvalue weighted by Crippen LogP contribution is 2.39. The van der Waals surface area contributed by atoms with Gasteiger partial charge >= 0.3 is 5.97 Å². The Morgan fingerprint density at radius 2 is 2.05 bits per heavy atom. The number of thioether (sulfide) groups is 1. The van der Waals surface area contributed by atoms with Gasteiger partial charge in [0, 0.05) is 19.6 Å². The van der Waals surface area contributed by atoms with E-state index in [-0.39, 0.29) is 5.75 Å². The minimum atomic E-state index is -0.829. The van der Waals surface area contributed by atoms with Crippen molar-refractivity contribution in [2.75, 3.05) is 23.7 Å². The summed E-state index contributed by atoms with van der Waals surface area (Å²) >= 11 is 1.23. The van der Waals surface area contributed by atoms with Crippen LogP contribution in [0.15, 0.2) is 5.16 Å². The Kier molecular flexibility index (Phi) is 5.13. The number of rotatable bonds is 7. The molecule has 0 saturated carbocycles. The average Bonchev–Trinajstić information content (AvgIpc) is 3.09. The lowest BCUT2D eigenvalue weighted by molar-refractivity contribution is -0.133. The van der Waals surface area contributed by atoms with Gasteiger partial charge in [0.25, 0.3) is 0 Å². The molecule has 1 N–H and O–H groups in total. The van der Waals surface area contributed by atoms with Crippen LogP contribution in [0, 0.1) is 5.41 Å². The Balaban J connectivity index is 2.15. The van der Waals surface area contributed by atoms with Gasteiger partial charge in [-0.3, -0.25) is 9.36 Å². The van der Waals surface area contributed by atoms with Crippen molar-refractivity contribution in [3.05, 3.63) is 0 Å². The Morgan fingerprint density at radius 3 is 2.57 bits per heavy atom. The van der Waals surface area contributed by atoms with Crippen LogP contribution in [0.5, 0.6) is 0 Å². The van der Waals surface area contributed by atoms with Crippen LogP contribution in [0.25, 0.3) is 0 Å². The lowest BCUT2D eigenvalue weighted by Gasteiger charge is -2.26. The van der Waals surface area contributed by atoms with Gasteiger partial charge < -0.3 is 10.0 Å². The van der Waals surface area contributed by atoms with Crippen molar-refractivity contribution in [3.63, 3.8) is 0 Å². The zero-order chi connectivity index (χ0) is 15.5. The topological polar surface area (TPSA) is 71.2 Å². The lowest BCUT2D eigenvalue weighted by Crippen LogP contribution is -2.28. The maximum Gasteiger partial charge on any atom is 0.313 e. The van der Waals surface area contributed by atoms with E-state index < -0.39 is 5.97 Å². The summed E-state index contributed by atoms with van der Waals surface area (Å²) in [6.45, 7) is 9.33.